The zero-order chi connectivity index (χ0) is 17.9. The Kier molecular flexibility index (Phi) is 4.71. The molecule has 0 saturated heterocycles. The summed E-state index contributed by atoms with van der Waals surface area (Å²) in [6, 6.07) is 11.1. The van der Waals surface area contributed by atoms with Crippen LogP contribution in [0.15, 0.2) is 47.6 Å². The highest BCUT2D eigenvalue weighted by molar-refractivity contribution is 6.30. The molecule has 4 nitrogen and oxygen atoms in total. The maximum atomic E-state index is 14.4. The van der Waals surface area contributed by atoms with Gasteiger partial charge in [0, 0.05) is 41.5 Å². The largest absolute Gasteiger partial charge is 0.366 e. The van der Waals surface area contributed by atoms with E-state index in [0.717, 1.165) is 34.8 Å². The van der Waals surface area contributed by atoms with Gasteiger partial charge in [-0.25, -0.2) is 4.98 Å². The quantitative estimate of drug-likeness (QED) is 0.679. The van der Waals surface area contributed by atoms with E-state index >= 15 is 0 Å². The number of H-pyrrole nitrogens is 1. The topological polar surface area (TPSA) is 53.1 Å². The molecule has 4 rings (SSSR count). The Balaban J connectivity index is 1.48. The molecule has 3 aromatic rings. The van der Waals surface area contributed by atoms with Crippen LogP contribution in [0.2, 0.25) is 5.02 Å². The van der Waals surface area contributed by atoms with Crippen LogP contribution in [-0.4, -0.2) is 16.5 Å². The standard InChI is InChI=1S/C20H18ClFN4/c21-16-6-3-13(4-7-16)11-24-18-8-5-14(19(22)26-18)10-15-12-25-20-17(15)2-1-9-23-20/h2-8,12H,1,9-11H2,(H,23,25)(H,24,26). The fraction of sp³-hybridized carbons (Fsp3) is 0.200. The highest BCUT2D eigenvalue weighted by atomic mass is 35.5. The molecule has 1 aliphatic heterocycles. The first kappa shape index (κ1) is 16.8. The van der Waals surface area contributed by atoms with Gasteiger partial charge in [-0.2, -0.15) is 4.39 Å². The lowest BCUT2D eigenvalue weighted by Gasteiger charge is -2.08. The van der Waals surface area contributed by atoms with Gasteiger partial charge in [-0.1, -0.05) is 35.9 Å². The highest BCUT2D eigenvalue weighted by Gasteiger charge is 2.10. The van der Waals surface area contributed by atoms with Crippen molar-refractivity contribution in [3.05, 3.63) is 81.0 Å². The molecular formula is C20H18ClFN4. The number of halogens is 2. The lowest BCUT2D eigenvalue weighted by molar-refractivity contribution is 0.571. The van der Waals surface area contributed by atoms with E-state index in [0.29, 0.717) is 29.4 Å². The van der Waals surface area contributed by atoms with Gasteiger partial charge >= 0.3 is 0 Å². The Morgan fingerprint density at radius 2 is 1.96 bits per heavy atom. The lowest BCUT2D eigenvalue weighted by atomic mass is 10.1. The lowest BCUT2D eigenvalue weighted by Crippen LogP contribution is -2.28. The van der Waals surface area contributed by atoms with Crippen LogP contribution in [-0.2, 0) is 13.0 Å². The third-order valence-corrected chi connectivity index (χ3v) is 4.68. The molecule has 0 aliphatic carbocycles. The van der Waals surface area contributed by atoms with Crippen LogP contribution in [0.4, 0.5) is 10.2 Å². The van der Waals surface area contributed by atoms with Crippen LogP contribution in [0.25, 0.3) is 6.08 Å². The van der Waals surface area contributed by atoms with Gasteiger partial charge in [-0.05, 0) is 35.7 Å². The molecule has 132 valence electrons. The minimum absolute atomic E-state index is 0.450. The summed E-state index contributed by atoms with van der Waals surface area (Å²) in [7, 11) is 0. The van der Waals surface area contributed by atoms with Gasteiger partial charge in [0.1, 0.15) is 11.3 Å². The van der Waals surface area contributed by atoms with Crippen LogP contribution in [0.1, 0.15) is 23.1 Å². The summed E-state index contributed by atoms with van der Waals surface area (Å²) in [6.07, 6.45) is 5.48. The summed E-state index contributed by atoms with van der Waals surface area (Å²) >= 11 is 5.88. The Morgan fingerprint density at radius 1 is 1.12 bits per heavy atom. The molecule has 2 aromatic heterocycles. The van der Waals surface area contributed by atoms with Gasteiger partial charge in [-0.15, -0.1) is 0 Å². The fourth-order valence-corrected chi connectivity index (χ4v) is 3.17. The van der Waals surface area contributed by atoms with Crippen molar-refractivity contribution in [2.24, 2.45) is 4.99 Å². The monoisotopic (exact) mass is 368 g/mol. The number of hydrogen-bond donors (Lipinski definition) is 2. The molecule has 0 saturated carbocycles. The first-order chi connectivity index (χ1) is 12.7. The average molecular weight is 369 g/mol. The molecule has 26 heavy (non-hydrogen) atoms. The number of benzene rings is 1. The Bertz CT molecular complexity index is 1040. The summed E-state index contributed by atoms with van der Waals surface area (Å²) in [5.74, 6) is 0.0627. The summed E-state index contributed by atoms with van der Waals surface area (Å²) in [4.78, 5) is 11.6. The summed E-state index contributed by atoms with van der Waals surface area (Å²) < 4.78 is 14.4. The number of rotatable bonds is 5. The van der Waals surface area contributed by atoms with Crippen LogP contribution < -0.4 is 16.0 Å². The van der Waals surface area contributed by atoms with Crippen LogP contribution in [0.3, 0.4) is 0 Å². The number of hydrogen-bond acceptors (Lipinski definition) is 3. The second-order valence-corrected chi connectivity index (χ2v) is 6.69. The van der Waals surface area contributed by atoms with Crippen LogP contribution >= 0.6 is 11.6 Å². The zero-order valence-corrected chi connectivity index (χ0v) is 14.9. The van der Waals surface area contributed by atoms with E-state index in [4.69, 9.17) is 11.6 Å². The number of aromatic nitrogens is 2. The first-order valence-electron chi connectivity index (χ1n) is 8.54. The van der Waals surface area contributed by atoms with Crippen LogP contribution in [0, 0.1) is 5.95 Å². The summed E-state index contributed by atoms with van der Waals surface area (Å²) in [5, 5.41) is 4.91. The third-order valence-electron chi connectivity index (χ3n) is 4.43. The average Bonchev–Trinajstić information content (AvgIpc) is 3.06. The predicted molar refractivity (Wildman–Crippen MR) is 101 cm³/mol. The zero-order valence-electron chi connectivity index (χ0n) is 14.1. The number of aromatic amines is 1. The summed E-state index contributed by atoms with van der Waals surface area (Å²) in [5.41, 5.74) is 3.56. The molecule has 0 radical (unpaired) electrons. The number of nitrogens with zero attached hydrogens (tertiary/aromatic N) is 2. The van der Waals surface area contributed by atoms with Crippen LogP contribution in [0.5, 0.6) is 0 Å². The predicted octanol–water partition coefficient (Wildman–Crippen LogP) is 3.21. The van der Waals surface area contributed by atoms with Crippen molar-refractivity contribution in [3.63, 3.8) is 0 Å². The fourth-order valence-electron chi connectivity index (χ4n) is 3.05. The van der Waals surface area contributed by atoms with Crippen molar-refractivity contribution in [1.82, 2.24) is 9.97 Å². The van der Waals surface area contributed by atoms with E-state index in [1.165, 1.54) is 0 Å². The van der Waals surface area contributed by atoms with Crippen molar-refractivity contribution in [2.45, 2.75) is 19.4 Å². The highest BCUT2D eigenvalue weighted by Crippen LogP contribution is 2.15. The van der Waals surface area contributed by atoms with Crippen molar-refractivity contribution >= 4 is 23.5 Å². The van der Waals surface area contributed by atoms with Gasteiger partial charge in [0.15, 0.2) is 0 Å². The van der Waals surface area contributed by atoms with Crippen molar-refractivity contribution < 1.29 is 4.39 Å². The smallest absolute Gasteiger partial charge is 0.218 e. The van der Waals surface area contributed by atoms with E-state index in [9.17, 15) is 4.39 Å². The van der Waals surface area contributed by atoms with E-state index in [1.54, 1.807) is 6.07 Å². The SMILES string of the molecule is Fc1nc(NCc2ccc(Cl)cc2)ccc1Cc1c[nH]c2c1=CCCN=2. The Labute approximate surface area is 155 Å². The molecule has 0 bridgehead atoms. The Morgan fingerprint density at radius 3 is 2.77 bits per heavy atom. The normalized spacial score (nSPS) is 12.8. The number of anilines is 1. The van der Waals surface area contributed by atoms with E-state index in [2.05, 4.69) is 26.4 Å². The van der Waals surface area contributed by atoms with Gasteiger partial charge < -0.3 is 10.3 Å². The maximum Gasteiger partial charge on any atom is 0.218 e. The number of pyridine rings is 1. The molecule has 1 aliphatic rings. The van der Waals surface area contributed by atoms with Crippen molar-refractivity contribution in [3.8, 4) is 0 Å². The molecule has 6 heteroatoms. The summed E-state index contributed by atoms with van der Waals surface area (Å²) in [6.45, 7) is 1.36. The second kappa shape index (κ2) is 7.30. The first-order valence-corrected chi connectivity index (χ1v) is 8.91. The molecule has 0 atom stereocenters. The van der Waals surface area contributed by atoms with Gasteiger partial charge in [0.2, 0.25) is 5.95 Å². The van der Waals surface area contributed by atoms with Crippen molar-refractivity contribution in [1.29, 1.82) is 0 Å². The molecule has 0 amide bonds. The molecule has 0 fully saturated rings. The minimum atomic E-state index is -0.450. The van der Waals surface area contributed by atoms with Crippen molar-refractivity contribution in [2.75, 3.05) is 11.9 Å². The van der Waals surface area contributed by atoms with E-state index < -0.39 is 5.95 Å². The molecular weight excluding hydrogens is 351 g/mol. The van der Waals surface area contributed by atoms with Gasteiger partial charge in [-0.3, -0.25) is 4.99 Å². The number of nitrogens with one attached hydrogen (secondary N) is 2. The third kappa shape index (κ3) is 3.63. The van der Waals surface area contributed by atoms with E-state index in [-0.39, 0.29) is 0 Å². The molecule has 2 N–H and O–H groups in total. The molecule has 0 spiro atoms. The van der Waals surface area contributed by atoms with E-state index in [1.807, 2.05) is 36.5 Å². The maximum absolute atomic E-state index is 14.4. The molecule has 3 heterocycles. The second-order valence-electron chi connectivity index (χ2n) is 6.25. The Hall–Kier alpha value is -2.66. The van der Waals surface area contributed by atoms with Gasteiger partial charge in [0.05, 0.1) is 0 Å². The number of fused-ring (bicyclic) bond motifs is 1. The molecule has 0 unspecified atom stereocenters. The minimum Gasteiger partial charge on any atom is -0.366 e. The molecule has 1 aromatic carbocycles. The van der Waals surface area contributed by atoms with Gasteiger partial charge in [0.25, 0.3) is 0 Å².